The maximum absolute atomic E-state index is 9.47. The van der Waals surface area contributed by atoms with Crippen LogP contribution in [0.1, 0.15) is 27.1 Å². The predicted octanol–water partition coefficient (Wildman–Crippen LogP) is 1.50. The molecule has 2 unspecified atom stereocenters. The number of rotatable bonds is 2. The molecule has 2 aliphatic heterocycles. The minimum Gasteiger partial charge on any atom is -0.493 e. The van der Waals surface area contributed by atoms with Gasteiger partial charge in [0.1, 0.15) is 12.2 Å². The van der Waals surface area contributed by atoms with E-state index in [0.717, 1.165) is 0 Å². The maximum Gasteiger partial charge on any atom is 0.211 e. The van der Waals surface area contributed by atoms with E-state index in [0.29, 0.717) is 24.1 Å². The molecule has 1 aromatic rings. The normalized spacial score (nSPS) is 55.9. The summed E-state index contributed by atoms with van der Waals surface area (Å²) in [4.78, 5) is 1.81. The minimum atomic E-state index is -2.76. The van der Waals surface area contributed by atoms with Crippen molar-refractivity contribution in [3.63, 3.8) is 0 Å². The van der Waals surface area contributed by atoms with E-state index in [2.05, 4.69) is 0 Å². The molecule has 1 spiro atoms. The van der Waals surface area contributed by atoms with Gasteiger partial charge in [0.2, 0.25) is 1.43 Å². The summed E-state index contributed by atoms with van der Waals surface area (Å²) < 4.78 is 77.2. The molecule has 4 heteroatoms. The van der Waals surface area contributed by atoms with Crippen molar-refractivity contribution >= 4 is 0 Å². The molecule has 1 aromatic carbocycles. The van der Waals surface area contributed by atoms with E-state index in [-0.39, 0.29) is 11.5 Å². The van der Waals surface area contributed by atoms with Crippen molar-refractivity contribution in [2.24, 2.45) is 5.89 Å². The van der Waals surface area contributed by atoms with Gasteiger partial charge in [-0.1, -0.05) is 18.2 Å². The molecule has 2 heterocycles. The maximum atomic E-state index is 9.47. The highest BCUT2D eigenvalue weighted by molar-refractivity contribution is 5.62. The fourth-order valence-corrected chi connectivity index (χ4v) is 4.47. The Morgan fingerprint density at radius 3 is 3.41 bits per heavy atom. The molecule has 2 aliphatic carbocycles. The highest BCUT2D eigenvalue weighted by Crippen LogP contribution is 2.62. The van der Waals surface area contributed by atoms with Gasteiger partial charge in [-0.25, -0.2) is 0 Å². The van der Waals surface area contributed by atoms with Crippen molar-refractivity contribution in [1.82, 2.24) is 4.90 Å². The molecule has 0 aromatic heterocycles. The van der Waals surface area contributed by atoms with Crippen LogP contribution in [0, 0.1) is 5.89 Å². The van der Waals surface area contributed by atoms with Gasteiger partial charge in [0.15, 0.2) is 11.5 Å². The van der Waals surface area contributed by atoms with E-state index in [1.807, 2.05) is 4.90 Å². The number of likely N-dealkylation sites (N-methyl/N-ethyl adjacent to an activating group) is 1. The zero-order valence-electron chi connectivity index (χ0n) is 20.1. The summed E-state index contributed by atoms with van der Waals surface area (Å²) >= 11 is 0. The number of benzene rings is 1. The molecule has 1 saturated heterocycles. The molecule has 0 radical (unpaired) electrons. The van der Waals surface area contributed by atoms with Gasteiger partial charge < -0.3 is 19.5 Å². The summed E-state index contributed by atoms with van der Waals surface area (Å²) in [7, 11) is -0.991. The number of aliphatic hydroxyl groups is 1. The molecule has 1 fully saturated rings. The molecule has 0 saturated carbocycles. The SMILES string of the molecule is [2H]OC1([2H])C=C[C@@]2([2H])[C@@H]3N(C)CC[C@@]24c2c(ccc(OC([2H])([2H])[2H])c2OC14)C3([2H])[2H]. The fraction of sp³-hybridized carbons (Fsp3) is 0.556. The molecule has 5 atom stereocenters. The Bertz CT molecular complexity index is 967. The van der Waals surface area contributed by atoms with Crippen molar-refractivity contribution < 1.29 is 24.2 Å². The lowest BCUT2D eigenvalue weighted by atomic mass is 9.53. The highest BCUT2D eigenvalue weighted by atomic mass is 16.5. The Hall–Kier alpha value is -1.52. The first-order valence-corrected chi connectivity index (χ1v) is 7.40. The van der Waals surface area contributed by atoms with Gasteiger partial charge in [0.05, 0.1) is 12.5 Å². The van der Waals surface area contributed by atoms with E-state index >= 15 is 0 Å². The molecule has 5 rings (SSSR count). The number of piperidine rings is 1. The fourth-order valence-electron chi connectivity index (χ4n) is 4.47. The summed E-state index contributed by atoms with van der Waals surface area (Å²) in [6.45, 7) is 0.440. The van der Waals surface area contributed by atoms with Gasteiger partial charge in [0, 0.05) is 27.0 Å². The molecule has 116 valence electrons. The molecular weight excluding hydrogens is 278 g/mol. The zero-order valence-corrected chi connectivity index (χ0v) is 12.1. The third-order valence-electron chi connectivity index (χ3n) is 5.45. The minimum absolute atomic E-state index is 0.0227. The number of ether oxygens (including phenoxy) is 2. The van der Waals surface area contributed by atoms with Gasteiger partial charge in [-0.15, -0.1) is 0 Å². The largest absolute Gasteiger partial charge is 0.493 e. The van der Waals surface area contributed by atoms with E-state index < -0.39 is 42.9 Å². The number of nitrogens with zero attached hydrogens (tertiary/aromatic N) is 1. The standard InChI is InChI=1S/C18H21NO3/c1-19-8-7-18-11-4-5-13(20)17(18)22-16-14(21-2)6-3-10(15(16)18)9-12(11)19/h3-6,11-13,17,20H,7-9H2,1-2H3/t11-,12+,13?,17?,18-/m0/s1/i2D3,9D2,11D,13D,20D. The highest BCUT2D eigenvalue weighted by Gasteiger charge is 2.64. The number of hydrogen-bond acceptors (Lipinski definition) is 4. The lowest BCUT2D eigenvalue weighted by molar-refractivity contribution is -0.0453. The van der Waals surface area contributed by atoms with Crippen LogP contribution in [0.4, 0.5) is 0 Å². The van der Waals surface area contributed by atoms with Crippen molar-refractivity contribution in [1.29, 1.82) is 1.43 Å². The van der Waals surface area contributed by atoms with Crippen LogP contribution >= 0.6 is 0 Å². The van der Waals surface area contributed by atoms with Crippen molar-refractivity contribution in [2.45, 2.75) is 36.4 Å². The van der Waals surface area contributed by atoms with Crippen LogP contribution in [0.15, 0.2) is 24.3 Å². The molecule has 4 nitrogen and oxygen atoms in total. The van der Waals surface area contributed by atoms with Gasteiger partial charge in [0.25, 0.3) is 0 Å². The molecule has 1 N–H and O–H groups in total. The summed E-state index contributed by atoms with van der Waals surface area (Å²) in [6.07, 6.45) is -1.93. The summed E-state index contributed by atoms with van der Waals surface area (Å²) in [5.74, 6) is -1.59. The zero-order chi connectivity index (χ0) is 21.9. The molecule has 4 aliphatic rings. The van der Waals surface area contributed by atoms with E-state index in [1.54, 1.807) is 7.05 Å². The van der Waals surface area contributed by atoms with Crippen LogP contribution in [-0.2, 0) is 11.8 Å². The second-order valence-corrected chi connectivity index (χ2v) is 6.36. The van der Waals surface area contributed by atoms with Crippen LogP contribution in [0.3, 0.4) is 0 Å². The van der Waals surface area contributed by atoms with Gasteiger partial charge in [-0.2, -0.15) is 0 Å². The Kier molecular flexibility index (Phi) is 1.36. The van der Waals surface area contributed by atoms with Crippen LogP contribution in [-0.4, -0.2) is 50.3 Å². The molecule has 0 amide bonds. The van der Waals surface area contributed by atoms with Gasteiger partial charge in [-0.05, 0) is 38.0 Å². The van der Waals surface area contributed by atoms with E-state index in [9.17, 15) is 1.37 Å². The van der Waals surface area contributed by atoms with Gasteiger partial charge >= 0.3 is 0 Å². The summed E-state index contributed by atoms with van der Waals surface area (Å²) in [6, 6.07) is 1.98. The monoisotopic (exact) mass is 307 g/mol. The molecule has 22 heavy (non-hydrogen) atoms. The van der Waals surface area contributed by atoms with Crippen LogP contribution < -0.4 is 9.47 Å². The van der Waals surface area contributed by atoms with Crippen LogP contribution in [0.5, 0.6) is 11.5 Å². The molecule has 2 bridgehead atoms. The Morgan fingerprint density at radius 1 is 1.59 bits per heavy atom. The van der Waals surface area contributed by atoms with E-state index in [1.165, 1.54) is 24.3 Å². The topological polar surface area (TPSA) is 41.9 Å². The average molecular weight is 307 g/mol. The second-order valence-electron chi connectivity index (χ2n) is 6.36. The Morgan fingerprint density at radius 2 is 2.55 bits per heavy atom. The summed E-state index contributed by atoms with van der Waals surface area (Å²) in [5.41, 5.74) is -0.539. The third kappa shape index (κ3) is 1.28. The summed E-state index contributed by atoms with van der Waals surface area (Å²) in [5, 5.41) is 4.75. The van der Waals surface area contributed by atoms with Crippen molar-refractivity contribution in [3.8, 4) is 11.5 Å². The predicted molar refractivity (Wildman–Crippen MR) is 82.5 cm³/mol. The first-order valence-electron chi connectivity index (χ1n) is 11.3. The number of methoxy groups -OCH3 is 1. The Balaban J connectivity index is 1.87. The Labute approximate surface area is 141 Å². The molecular formula is C18H21NO3. The smallest absolute Gasteiger partial charge is 0.211 e. The van der Waals surface area contributed by atoms with Crippen molar-refractivity contribution in [2.75, 3.05) is 20.6 Å². The number of hydrogen-bond donors (Lipinski definition) is 1. The van der Waals surface area contributed by atoms with Crippen molar-refractivity contribution in [3.05, 3.63) is 35.4 Å². The lowest BCUT2D eigenvalue weighted by Crippen LogP contribution is -2.64. The number of likely N-dealkylation sites (tertiary alicyclic amines) is 1. The average Bonchev–Trinajstić information content (AvgIpc) is 2.99. The first-order chi connectivity index (χ1) is 13.8. The van der Waals surface area contributed by atoms with E-state index in [4.69, 9.17) is 24.2 Å². The lowest BCUT2D eigenvalue weighted by Gasteiger charge is -2.56. The van der Waals surface area contributed by atoms with Gasteiger partial charge in [-0.3, -0.25) is 0 Å². The third-order valence-corrected chi connectivity index (χ3v) is 5.45. The second kappa shape index (κ2) is 4.06. The quantitative estimate of drug-likeness (QED) is 0.841. The van der Waals surface area contributed by atoms with Crippen LogP contribution in [0.25, 0.3) is 0 Å². The van der Waals surface area contributed by atoms with Crippen LogP contribution in [0.2, 0.25) is 0 Å². The first kappa shape index (κ1) is 7.37.